The highest BCUT2D eigenvalue weighted by Gasteiger charge is 2.24. The highest BCUT2D eigenvalue weighted by atomic mass is 35.5. The van der Waals surface area contributed by atoms with Gasteiger partial charge in [-0.1, -0.05) is 17.7 Å². The molecule has 1 saturated heterocycles. The highest BCUT2D eigenvalue weighted by molar-refractivity contribution is 7.84. The van der Waals surface area contributed by atoms with E-state index in [1.165, 1.54) is 0 Å². The largest absolute Gasteiger partial charge is 0.493 e. The Morgan fingerprint density at radius 2 is 1.78 bits per heavy atom. The van der Waals surface area contributed by atoms with Crippen molar-refractivity contribution >= 4 is 34.0 Å². The molecule has 0 aliphatic carbocycles. The van der Waals surface area contributed by atoms with Crippen LogP contribution < -0.4 is 14.4 Å². The molecule has 4 rings (SSSR count). The smallest absolute Gasteiger partial charge is 0.235 e. The molecule has 8 nitrogen and oxygen atoms in total. The predicted octanol–water partition coefficient (Wildman–Crippen LogP) is 4.23. The molecular formula is C26H30ClN3O5S. The summed E-state index contributed by atoms with van der Waals surface area (Å²) in [7, 11) is 1.72. The quantitative estimate of drug-likeness (QED) is 0.430. The van der Waals surface area contributed by atoms with Gasteiger partial charge in [0.05, 0.1) is 25.7 Å². The van der Waals surface area contributed by atoms with Gasteiger partial charge in [0, 0.05) is 53.3 Å². The number of aromatic nitrogens is 1. The first kappa shape index (κ1) is 26.0. The molecule has 1 amide bonds. The Bertz CT molecular complexity index is 1270. The first-order valence-corrected chi connectivity index (χ1v) is 13.5. The van der Waals surface area contributed by atoms with Gasteiger partial charge in [-0.15, -0.1) is 0 Å². The van der Waals surface area contributed by atoms with E-state index < -0.39 is 10.8 Å². The van der Waals surface area contributed by atoms with Crippen LogP contribution in [-0.2, 0) is 21.3 Å². The first-order valence-electron chi connectivity index (χ1n) is 11.6. The van der Waals surface area contributed by atoms with Crippen LogP contribution in [-0.4, -0.2) is 66.2 Å². The minimum absolute atomic E-state index is 0.0474. The van der Waals surface area contributed by atoms with Gasteiger partial charge >= 0.3 is 0 Å². The number of amides is 1. The molecule has 2 heterocycles. The van der Waals surface area contributed by atoms with Crippen LogP contribution in [0.4, 0.5) is 5.69 Å². The zero-order valence-corrected chi connectivity index (χ0v) is 22.4. The third-order valence-electron chi connectivity index (χ3n) is 6.25. The summed E-state index contributed by atoms with van der Waals surface area (Å²) in [5, 5.41) is 0.696. The summed E-state index contributed by atoms with van der Waals surface area (Å²) < 4.78 is 29.3. The fourth-order valence-corrected chi connectivity index (χ4v) is 5.51. The van der Waals surface area contributed by atoms with Gasteiger partial charge in [-0.25, -0.2) is 4.98 Å². The van der Waals surface area contributed by atoms with Gasteiger partial charge in [0.2, 0.25) is 11.8 Å². The van der Waals surface area contributed by atoms with E-state index in [0.717, 1.165) is 16.8 Å². The van der Waals surface area contributed by atoms with Gasteiger partial charge in [-0.2, -0.15) is 0 Å². The summed E-state index contributed by atoms with van der Waals surface area (Å²) >= 11 is 6.16. The zero-order valence-electron chi connectivity index (χ0n) is 20.9. The third-order valence-corrected chi connectivity index (χ3v) is 7.65. The SMILES string of the molecule is COc1ccc(-c2nc(C[S@](=O)CC(=O)N3CCN(c4cc(Cl)ccc4C)CC3)c(C)o2)cc1OC. The number of hydrogen-bond acceptors (Lipinski definition) is 7. The average molecular weight is 532 g/mol. The van der Waals surface area contributed by atoms with Gasteiger partial charge in [0.25, 0.3) is 0 Å². The summed E-state index contributed by atoms with van der Waals surface area (Å²) in [6, 6.07) is 11.2. The number of benzene rings is 2. The van der Waals surface area contributed by atoms with E-state index in [1.54, 1.807) is 38.2 Å². The Kier molecular flexibility index (Phi) is 8.21. The Hall–Kier alpha value is -3.04. The van der Waals surface area contributed by atoms with E-state index in [0.29, 0.717) is 60.0 Å². The van der Waals surface area contributed by atoms with Crippen molar-refractivity contribution in [1.82, 2.24) is 9.88 Å². The van der Waals surface area contributed by atoms with Crippen LogP contribution in [0.25, 0.3) is 11.5 Å². The monoisotopic (exact) mass is 531 g/mol. The van der Waals surface area contributed by atoms with Crippen LogP contribution in [0, 0.1) is 13.8 Å². The van der Waals surface area contributed by atoms with Crippen LogP contribution in [0.2, 0.25) is 5.02 Å². The van der Waals surface area contributed by atoms with Crippen molar-refractivity contribution in [2.24, 2.45) is 0 Å². The van der Waals surface area contributed by atoms with Crippen molar-refractivity contribution in [3.05, 3.63) is 58.4 Å². The molecule has 1 aliphatic rings. The zero-order chi connectivity index (χ0) is 25.8. The summed E-state index contributed by atoms with van der Waals surface area (Å²) in [5.74, 6) is 2.13. The molecule has 0 bridgehead atoms. The summed E-state index contributed by atoms with van der Waals surface area (Å²) in [6.45, 7) is 6.40. The van der Waals surface area contributed by atoms with Gasteiger partial charge in [0.15, 0.2) is 11.5 Å². The number of halogens is 1. The van der Waals surface area contributed by atoms with E-state index in [4.69, 9.17) is 25.5 Å². The number of aryl methyl sites for hydroxylation is 2. The molecule has 0 spiro atoms. The number of oxazole rings is 1. The fraction of sp³-hybridized carbons (Fsp3) is 0.385. The number of rotatable bonds is 8. The van der Waals surface area contributed by atoms with Crippen LogP contribution in [0.1, 0.15) is 17.0 Å². The molecule has 0 N–H and O–H groups in total. The van der Waals surface area contributed by atoms with Crippen molar-refractivity contribution in [2.75, 3.05) is 51.1 Å². The number of ether oxygens (including phenoxy) is 2. The molecule has 1 atom stereocenters. The topological polar surface area (TPSA) is 85.1 Å². The summed E-state index contributed by atoms with van der Waals surface area (Å²) in [5.41, 5.74) is 3.53. The molecule has 36 heavy (non-hydrogen) atoms. The van der Waals surface area contributed by atoms with Gasteiger partial charge in [0.1, 0.15) is 11.5 Å². The number of methoxy groups -OCH3 is 2. The number of carbonyl (C=O) groups excluding carboxylic acids is 1. The third kappa shape index (κ3) is 5.84. The van der Waals surface area contributed by atoms with Gasteiger partial charge in [-0.3, -0.25) is 9.00 Å². The van der Waals surface area contributed by atoms with E-state index in [9.17, 15) is 9.00 Å². The minimum atomic E-state index is -1.41. The lowest BCUT2D eigenvalue weighted by Crippen LogP contribution is -2.50. The molecule has 1 aliphatic heterocycles. The molecule has 0 radical (unpaired) electrons. The molecule has 192 valence electrons. The second-order valence-electron chi connectivity index (χ2n) is 8.62. The Morgan fingerprint density at radius 1 is 1.06 bits per heavy atom. The predicted molar refractivity (Wildman–Crippen MR) is 141 cm³/mol. The lowest BCUT2D eigenvalue weighted by atomic mass is 10.1. The maximum atomic E-state index is 12.8. The van der Waals surface area contributed by atoms with Crippen LogP contribution in [0.15, 0.2) is 40.8 Å². The Labute approximate surface area is 218 Å². The second-order valence-corrected chi connectivity index (χ2v) is 10.5. The molecule has 0 saturated carbocycles. The van der Waals surface area contributed by atoms with Crippen molar-refractivity contribution in [3.63, 3.8) is 0 Å². The number of piperazine rings is 1. The normalized spacial score (nSPS) is 14.6. The highest BCUT2D eigenvalue weighted by Crippen LogP contribution is 2.33. The van der Waals surface area contributed by atoms with E-state index in [2.05, 4.69) is 16.8 Å². The average Bonchev–Trinajstić information content (AvgIpc) is 3.24. The Morgan fingerprint density at radius 3 is 2.47 bits per heavy atom. The molecular weight excluding hydrogens is 502 g/mol. The number of nitrogens with zero attached hydrogens (tertiary/aromatic N) is 3. The van der Waals surface area contributed by atoms with Crippen molar-refractivity contribution < 1.29 is 22.9 Å². The number of carbonyl (C=O) groups is 1. The maximum Gasteiger partial charge on any atom is 0.235 e. The lowest BCUT2D eigenvalue weighted by Gasteiger charge is -2.36. The molecule has 2 aromatic carbocycles. The number of hydrogen-bond donors (Lipinski definition) is 0. The van der Waals surface area contributed by atoms with Crippen molar-refractivity contribution in [3.8, 4) is 23.0 Å². The standard InChI is InChI=1S/C26H30ClN3O5S/c1-17-5-7-20(27)14-22(17)29-9-11-30(12-10-29)25(31)16-36(32)15-21-18(2)35-26(28-21)19-6-8-23(33-3)24(13-19)34-4/h5-8,13-14H,9-12,15-16H2,1-4H3/t36-/m0/s1. The molecule has 1 aromatic heterocycles. The lowest BCUT2D eigenvalue weighted by molar-refractivity contribution is -0.128. The molecule has 10 heteroatoms. The van der Waals surface area contributed by atoms with Crippen LogP contribution in [0.5, 0.6) is 11.5 Å². The first-order chi connectivity index (χ1) is 17.3. The fourth-order valence-electron chi connectivity index (χ4n) is 4.21. The van der Waals surface area contributed by atoms with Crippen molar-refractivity contribution in [2.45, 2.75) is 19.6 Å². The summed E-state index contributed by atoms with van der Waals surface area (Å²) in [6.07, 6.45) is 0. The summed E-state index contributed by atoms with van der Waals surface area (Å²) in [4.78, 5) is 21.4. The van der Waals surface area contributed by atoms with Crippen LogP contribution >= 0.6 is 11.6 Å². The maximum absolute atomic E-state index is 12.8. The molecule has 1 fully saturated rings. The van der Waals surface area contributed by atoms with E-state index in [1.807, 2.05) is 24.3 Å². The molecule has 0 unspecified atom stereocenters. The number of anilines is 1. The van der Waals surface area contributed by atoms with Gasteiger partial charge in [-0.05, 0) is 49.7 Å². The van der Waals surface area contributed by atoms with E-state index in [-0.39, 0.29) is 17.4 Å². The van der Waals surface area contributed by atoms with Gasteiger partial charge < -0.3 is 23.7 Å². The second kappa shape index (κ2) is 11.3. The molecule has 3 aromatic rings. The van der Waals surface area contributed by atoms with Crippen LogP contribution in [0.3, 0.4) is 0 Å². The minimum Gasteiger partial charge on any atom is -0.493 e. The van der Waals surface area contributed by atoms with E-state index >= 15 is 0 Å². The van der Waals surface area contributed by atoms with Crippen molar-refractivity contribution in [1.29, 1.82) is 0 Å². The Balaban J connectivity index is 1.34.